The lowest BCUT2D eigenvalue weighted by Crippen LogP contribution is -2.15. The summed E-state index contributed by atoms with van der Waals surface area (Å²) in [7, 11) is 4.14. The minimum absolute atomic E-state index is 0.783. The van der Waals surface area contributed by atoms with Crippen molar-refractivity contribution < 1.29 is 9.47 Å². The van der Waals surface area contributed by atoms with Crippen LogP contribution in [0.4, 0.5) is 0 Å². The van der Waals surface area contributed by atoms with Crippen molar-refractivity contribution in [2.45, 2.75) is 6.42 Å². The number of hydrogen-bond acceptors (Lipinski definition) is 3. The van der Waals surface area contributed by atoms with Gasteiger partial charge in [0.05, 0.1) is 0 Å². The Bertz CT molecular complexity index is 372. The van der Waals surface area contributed by atoms with Crippen LogP contribution >= 0.6 is 0 Å². The minimum atomic E-state index is 0.783. The highest BCUT2D eigenvalue weighted by atomic mass is 16.5. The zero-order valence-corrected chi connectivity index (χ0v) is 9.06. The molecule has 2 rings (SSSR count). The van der Waals surface area contributed by atoms with Gasteiger partial charge in [-0.25, -0.2) is 0 Å². The van der Waals surface area contributed by atoms with E-state index in [0.717, 1.165) is 24.5 Å². The molecule has 1 aromatic rings. The number of likely N-dealkylation sites (N-methyl/N-ethyl adjacent to an activating group) is 1. The molecule has 3 nitrogen and oxygen atoms in total. The minimum Gasteiger partial charge on any atom is -0.458 e. The summed E-state index contributed by atoms with van der Waals surface area (Å²) in [5.74, 6) is 1.58. The van der Waals surface area contributed by atoms with Crippen LogP contribution in [0.5, 0.6) is 11.5 Å². The van der Waals surface area contributed by atoms with Crippen LogP contribution in [-0.4, -0.2) is 25.5 Å². The fraction of sp³-hybridized carbons (Fsp3) is 0.333. The smallest absolute Gasteiger partial charge is 0.169 e. The van der Waals surface area contributed by atoms with E-state index < -0.39 is 0 Å². The molecule has 0 spiro atoms. The molecule has 0 fully saturated rings. The lowest BCUT2D eigenvalue weighted by Gasteiger charge is -2.14. The van der Waals surface area contributed by atoms with Crippen LogP contribution in [0.15, 0.2) is 30.7 Å². The van der Waals surface area contributed by atoms with Crippen LogP contribution in [0.1, 0.15) is 5.56 Å². The Morgan fingerprint density at radius 2 is 1.80 bits per heavy atom. The van der Waals surface area contributed by atoms with Gasteiger partial charge in [0.2, 0.25) is 0 Å². The molecule has 0 amide bonds. The van der Waals surface area contributed by atoms with Crippen LogP contribution in [0.2, 0.25) is 0 Å². The molecule has 0 unspecified atom stereocenters. The Kier molecular flexibility index (Phi) is 2.92. The summed E-state index contributed by atoms with van der Waals surface area (Å²) >= 11 is 0. The van der Waals surface area contributed by atoms with Crippen molar-refractivity contribution in [2.75, 3.05) is 20.6 Å². The van der Waals surface area contributed by atoms with Gasteiger partial charge in [-0.05, 0) is 38.2 Å². The van der Waals surface area contributed by atoms with Gasteiger partial charge in [0.25, 0.3) is 0 Å². The molecule has 0 saturated heterocycles. The highest BCUT2D eigenvalue weighted by Gasteiger charge is 2.08. The van der Waals surface area contributed by atoms with Gasteiger partial charge in [0.1, 0.15) is 12.5 Å². The number of ether oxygens (including phenoxy) is 2. The Labute approximate surface area is 89.9 Å². The van der Waals surface area contributed by atoms with E-state index in [1.54, 1.807) is 12.5 Å². The van der Waals surface area contributed by atoms with Crippen molar-refractivity contribution in [2.24, 2.45) is 0 Å². The van der Waals surface area contributed by atoms with E-state index in [1.807, 2.05) is 12.1 Å². The van der Waals surface area contributed by atoms with Crippen molar-refractivity contribution in [3.8, 4) is 11.5 Å². The summed E-state index contributed by atoms with van der Waals surface area (Å²) in [6, 6.07) is 6.05. The molecule has 15 heavy (non-hydrogen) atoms. The van der Waals surface area contributed by atoms with Crippen molar-refractivity contribution in [3.05, 3.63) is 36.3 Å². The third-order valence-corrected chi connectivity index (χ3v) is 2.30. The van der Waals surface area contributed by atoms with E-state index in [2.05, 4.69) is 25.1 Å². The molecule has 80 valence electrons. The van der Waals surface area contributed by atoms with E-state index in [0.29, 0.717) is 0 Å². The summed E-state index contributed by atoms with van der Waals surface area (Å²) in [5, 5.41) is 0. The van der Waals surface area contributed by atoms with Crippen molar-refractivity contribution in [1.82, 2.24) is 4.90 Å². The van der Waals surface area contributed by atoms with Gasteiger partial charge in [0, 0.05) is 6.54 Å². The third-order valence-electron chi connectivity index (χ3n) is 2.30. The van der Waals surface area contributed by atoms with Crippen molar-refractivity contribution >= 4 is 0 Å². The Morgan fingerprint density at radius 3 is 2.53 bits per heavy atom. The van der Waals surface area contributed by atoms with Crippen LogP contribution in [0.3, 0.4) is 0 Å². The molecule has 0 bridgehead atoms. The topological polar surface area (TPSA) is 21.7 Å². The maximum Gasteiger partial charge on any atom is 0.169 e. The molecule has 1 aliphatic rings. The number of hydrogen-bond donors (Lipinski definition) is 0. The number of nitrogens with zero attached hydrogens (tertiary/aromatic N) is 1. The van der Waals surface area contributed by atoms with E-state index in [9.17, 15) is 0 Å². The van der Waals surface area contributed by atoms with Gasteiger partial charge in [-0.2, -0.15) is 0 Å². The third kappa shape index (κ3) is 2.50. The fourth-order valence-electron chi connectivity index (χ4n) is 1.45. The Morgan fingerprint density at radius 1 is 1.07 bits per heavy atom. The van der Waals surface area contributed by atoms with Gasteiger partial charge in [-0.1, -0.05) is 6.07 Å². The summed E-state index contributed by atoms with van der Waals surface area (Å²) in [6.07, 6.45) is 4.12. The molecule has 0 atom stereocenters. The SMILES string of the molecule is CN(C)CCc1ccc2c(c1)OC=CO2. The Balaban J connectivity index is 2.08. The summed E-state index contributed by atoms with van der Waals surface area (Å²) in [6.45, 7) is 1.04. The van der Waals surface area contributed by atoms with Crippen LogP contribution < -0.4 is 9.47 Å². The van der Waals surface area contributed by atoms with E-state index in [4.69, 9.17) is 9.47 Å². The second kappa shape index (κ2) is 4.36. The van der Waals surface area contributed by atoms with Gasteiger partial charge in [0.15, 0.2) is 11.5 Å². The summed E-state index contributed by atoms with van der Waals surface area (Å²) in [4.78, 5) is 2.16. The maximum absolute atomic E-state index is 5.35. The Hall–Kier alpha value is -1.48. The van der Waals surface area contributed by atoms with Crippen LogP contribution in [0.25, 0.3) is 0 Å². The first-order valence-electron chi connectivity index (χ1n) is 5.02. The van der Waals surface area contributed by atoms with Gasteiger partial charge >= 0.3 is 0 Å². The predicted octanol–water partition coefficient (Wildman–Crippen LogP) is 2.03. The molecule has 0 aromatic heterocycles. The largest absolute Gasteiger partial charge is 0.458 e. The number of benzene rings is 1. The highest BCUT2D eigenvalue weighted by Crippen LogP contribution is 2.31. The van der Waals surface area contributed by atoms with Crippen molar-refractivity contribution in [3.63, 3.8) is 0 Å². The van der Waals surface area contributed by atoms with Crippen molar-refractivity contribution in [1.29, 1.82) is 0 Å². The molecule has 0 saturated carbocycles. The van der Waals surface area contributed by atoms with Gasteiger partial charge in [-0.3, -0.25) is 0 Å². The monoisotopic (exact) mass is 205 g/mol. The fourth-order valence-corrected chi connectivity index (χ4v) is 1.45. The van der Waals surface area contributed by atoms with E-state index in [1.165, 1.54) is 5.56 Å². The zero-order chi connectivity index (χ0) is 10.7. The maximum atomic E-state index is 5.35. The van der Waals surface area contributed by atoms with E-state index in [-0.39, 0.29) is 0 Å². The lowest BCUT2D eigenvalue weighted by atomic mass is 10.1. The average Bonchev–Trinajstić information content (AvgIpc) is 2.26. The number of rotatable bonds is 3. The molecule has 3 heteroatoms. The standard InChI is InChI=1S/C12H15NO2/c1-13(2)6-5-10-3-4-11-12(9-10)15-8-7-14-11/h3-4,7-9H,5-6H2,1-2H3. The molecule has 1 aliphatic heterocycles. The first kappa shape index (κ1) is 10.1. The molecular weight excluding hydrogens is 190 g/mol. The molecule has 1 heterocycles. The van der Waals surface area contributed by atoms with Crippen LogP contribution in [-0.2, 0) is 6.42 Å². The zero-order valence-electron chi connectivity index (χ0n) is 9.06. The summed E-state index contributed by atoms with van der Waals surface area (Å²) < 4.78 is 10.6. The summed E-state index contributed by atoms with van der Waals surface area (Å²) in [5.41, 5.74) is 1.27. The molecule has 0 aliphatic carbocycles. The average molecular weight is 205 g/mol. The molecule has 0 N–H and O–H groups in total. The lowest BCUT2D eigenvalue weighted by molar-refractivity contribution is 0.360. The first-order valence-corrected chi connectivity index (χ1v) is 5.02. The predicted molar refractivity (Wildman–Crippen MR) is 59.1 cm³/mol. The quantitative estimate of drug-likeness (QED) is 0.753. The molecule has 0 radical (unpaired) electrons. The number of fused-ring (bicyclic) bond motifs is 1. The van der Waals surface area contributed by atoms with Gasteiger partial charge in [-0.15, -0.1) is 0 Å². The highest BCUT2D eigenvalue weighted by molar-refractivity contribution is 5.44. The second-order valence-electron chi connectivity index (χ2n) is 3.84. The molecular formula is C12H15NO2. The molecule has 1 aromatic carbocycles. The van der Waals surface area contributed by atoms with Crippen LogP contribution in [0, 0.1) is 0 Å². The van der Waals surface area contributed by atoms with E-state index >= 15 is 0 Å². The first-order chi connectivity index (χ1) is 7.25. The second-order valence-corrected chi connectivity index (χ2v) is 3.84. The normalized spacial score (nSPS) is 13.3. The van der Waals surface area contributed by atoms with Gasteiger partial charge < -0.3 is 14.4 Å².